The van der Waals surface area contributed by atoms with Crippen molar-refractivity contribution in [3.63, 3.8) is 0 Å². The average molecular weight is 276 g/mol. The van der Waals surface area contributed by atoms with Crippen molar-refractivity contribution in [3.05, 3.63) is 0 Å². The third-order valence-corrected chi connectivity index (χ3v) is 7.79. The molecule has 4 bridgehead atoms. The Labute approximate surface area is 122 Å². The molecule has 4 saturated carbocycles. The molecule has 1 unspecified atom stereocenters. The van der Waals surface area contributed by atoms with E-state index in [1.54, 1.807) is 0 Å². The van der Waals surface area contributed by atoms with Crippen LogP contribution < -0.4 is 0 Å². The number of carbonyl (C=O) groups excluding carboxylic acids is 1. The third kappa shape index (κ3) is 1.60. The second-order valence-electron chi connectivity index (χ2n) is 8.52. The summed E-state index contributed by atoms with van der Waals surface area (Å²) in [6.07, 6.45) is 7.54. The minimum atomic E-state index is 0.0517. The number of cyclic esters (lactones) is 1. The molecule has 20 heavy (non-hydrogen) atoms. The maximum absolute atomic E-state index is 11.5. The fourth-order valence-corrected chi connectivity index (χ4v) is 6.58. The Balaban J connectivity index is 1.58. The quantitative estimate of drug-likeness (QED) is 0.712. The highest BCUT2D eigenvalue weighted by Crippen LogP contribution is 2.67. The lowest BCUT2D eigenvalue weighted by atomic mass is 9.40. The molecule has 0 aromatic heterocycles. The van der Waals surface area contributed by atoms with Crippen molar-refractivity contribution in [2.45, 2.75) is 65.4 Å². The van der Waals surface area contributed by atoms with Gasteiger partial charge in [-0.2, -0.15) is 0 Å². The minimum Gasteiger partial charge on any atom is -0.462 e. The van der Waals surface area contributed by atoms with Crippen molar-refractivity contribution in [1.29, 1.82) is 0 Å². The van der Waals surface area contributed by atoms with Crippen LogP contribution in [0.25, 0.3) is 0 Å². The van der Waals surface area contributed by atoms with Gasteiger partial charge in [-0.25, -0.2) is 0 Å². The number of hydrogen-bond donors (Lipinski definition) is 0. The fourth-order valence-electron chi connectivity index (χ4n) is 6.58. The molecular formula is C18H28O2. The molecule has 0 spiro atoms. The topological polar surface area (TPSA) is 26.3 Å². The van der Waals surface area contributed by atoms with Crippen molar-refractivity contribution in [3.8, 4) is 0 Å². The van der Waals surface area contributed by atoms with Crippen LogP contribution in [0.5, 0.6) is 0 Å². The Morgan fingerprint density at radius 2 is 1.65 bits per heavy atom. The molecule has 2 heteroatoms. The van der Waals surface area contributed by atoms with Crippen LogP contribution in [0.15, 0.2) is 0 Å². The Morgan fingerprint density at radius 3 is 2.05 bits per heavy atom. The van der Waals surface area contributed by atoms with Gasteiger partial charge in [0, 0.05) is 12.3 Å². The van der Waals surface area contributed by atoms with Crippen LogP contribution in [0.3, 0.4) is 0 Å². The molecule has 5 aliphatic rings. The molecule has 0 radical (unpaired) electrons. The van der Waals surface area contributed by atoms with Gasteiger partial charge in [-0.3, -0.25) is 4.79 Å². The lowest BCUT2D eigenvalue weighted by Gasteiger charge is -2.65. The van der Waals surface area contributed by atoms with Gasteiger partial charge in [0.25, 0.3) is 0 Å². The SMILES string of the molecule is CC(C)C1(C)C2CC3CC1CC(C2)C3C1CCC(=O)O1. The van der Waals surface area contributed by atoms with Crippen LogP contribution in [0.1, 0.15) is 59.3 Å². The number of ether oxygens (including phenoxy) is 1. The van der Waals surface area contributed by atoms with E-state index in [-0.39, 0.29) is 12.1 Å². The molecule has 5 fully saturated rings. The Bertz CT molecular complexity index is 395. The first kappa shape index (κ1) is 13.2. The van der Waals surface area contributed by atoms with E-state index in [9.17, 15) is 4.79 Å². The zero-order chi connectivity index (χ0) is 14.1. The van der Waals surface area contributed by atoms with Crippen molar-refractivity contribution < 1.29 is 9.53 Å². The predicted octanol–water partition coefficient (Wildman–Crippen LogP) is 4.04. The van der Waals surface area contributed by atoms with E-state index in [1.165, 1.54) is 25.7 Å². The van der Waals surface area contributed by atoms with Gasteiger partial charge >= 0.3 is 5.97 Å². The lowest BCUT2D eigenvalue weighted by Crippen LogP contribution is -2.58. The summed E-state index contributed by atoms with van der Waals surface area (Å²) in [5.41, 5.74) is 0.574. The molecule has 1 aliphatic heterocycles. The normalized spacial score (nSPS) is 53.7. The predicted molar refractivity (Wildman–Crippen MR) is 78.0 cm³/mol. The van der Waals surface area contributed by atoms with Gasteiger partial charge in [-0.1, -0.05) is 20.8 Å². The summed E-state index contributed by atoms with van der Waals surface area (Å²) in [6, 6.07) is 0. The van der Waals surface area contributed by atoms with Crippen molar-refractivity contribution >= 4 is 5.97 Å². The summed E-state index contributed by atoms with van der Waals surface area (Å²) < 4.78 is 5.65. The third-order valence-electron chi connectivity index (χ3n) is 7.79. The fraction of sp³-hybridized carbons (Fsp3) is 0.944. The van der Waals surface area contributed by atoms with Gasteiger partial charge in [0.05, 0.1) is 0 Å². The smallest absolute Gasteiger partial charge is 0.306 e. The van der Waals surface area contributed by atoms with E-state index in [0.29, 0.717) is 17.8 Å². The lowest BCUT2D eigenvalue weighted by molar-refractivity contribution is -0.178. The molecule has 2 nitrogen and oxygen atoms in total. The van der Waals surface area contributed by atoms with Crippen LogP contribution in [0, 0.1) is 40.9 Å². The van der Waals surface area contributed by atoms with E-state index in [0.717, 1.165) is 36.0 Å². The second kappa shape index (κ2) is 4.24. The molecule has 112 valence electrons. The minimum absolute atomic E-state index is 0.0517. The summed E-state index contributed by atoms with van der Waals surface area (Å²) in [5, 5.41) is 0. The molecular weight excluding hydrogens is 248 g/mol. The van der Waals surface area contributed by atoms with Crippen LogP contribution in [0.4, 0.5) is 0 Å². The van der Waals surface area contributed by atoms with Crippen LogP contribution in [-0.2, 0) is 9.53 Å². The molecule has 1 saturated heterocycles. The van der Waals surface area contributed by atoms with Gasteiger partial charge in [-0.05, 0) is 67.1 Å². The van der Waals surface area contributed by atoms with E-state index in [4.69, 9.17) is 4.74 Å². The second-order valence-corrected chi connectivity index (χ2v) is 8.52. The van der Waals surface area contributed by atoms with Crippen molar-refractivity contribution in [2.75, 3.05) is 0 Å². The first-order valence-electron chi connectivity index (χ1n) is 8.69. The molecule has 1 atom stereocenters. The maximum atomic E-state index is 11.5. The highest BCUT2D eigenvalue weighted by molar-refractivity contribution is 5.71. The number of carbonyl (C=O) groups is 1. The molecule has 0 amide bonds. The summed E-state index contributed by atoms with van der Waals surface area (Å²) in [4.78, 5) is 11.5. The standard InChI is InChI=1S/C18H28O2/c1-10(2)18(3)13-6-11-7-14(18)9-12(8-13)17(11)15-4-5-16(19)20-15/h10-15,17H,4-9H2,1-3H3. The summed E-state index contributed by atoms with van der Waals surface area (Å²) >= 11 is 0. The van der Waals surface area contributed by atoms with E-state index in [1.807, 2.05) is 0 Å². The van der Waals surface area contributed by atoms with E-state index < -0.39 is 0 Å². The Morgan fingerprint density at radius 1 is 1.10 bits per heavy atom. The maximum Gasteiger partial charge on any atom is 0.306 e. The van der Waals surface area contributed by atoms with Crippen molar-refractivity contribution in [2.24, 2.45) is 40.9 Å². The molecule has 0 aromatic rings. The Hall–Kier alpha value is -0.530. The summed E-state index contributed by atoms with van der Waals surface area (Å²) in [6.45, 7) is 7.42. The summed E-state index contributed by atoms with van der Waals surface area (Å²) in [7, 11) is 0. The zero-order valence-corrected chi connectivity index (χ0v) is 13.1. The molecule has 0 aromatic carbocycles. The van der Waals surface area contributed by atoms with Gasteiger partial charge in [0.1, 0.15) is 6.10 Å². The number of rotatable bonds is 2. The summed E-state index contributed by atoms with van der Waals surface area (Å²) in [5.74, 6) is 5.11. The largest absolute Gasteiger partial charge is 0.462 e. The highest BCUT2D eigenvalue weighted by atomic mass is 16.5. The van der Waals surface area contributed by atoms with Gasteiger partial charge in [-0.15, -0.1) is 0 Å². The first-order valence-corrected chi connectivity index (χ1v) is 8.69. The Kier molecular flexibility index (Phi) is 2.79. The van der Waals surface area contributed by atoms with Crippen LogP contribution in [-0.4, -0.2) is 12.1 Å². The van der Waals surface area contributed by atoms with Crippen LogP contribution >= 0.6 is 0 Å². The van der Waals surface area contributed by atoms with Gasteiger partial charge in [0.2, 0.25) is 0 Å². The molecule has 5 rings (SSSR count). The zero-order valence-electron chi connectivity index (χ0n) is 13.1. The van der Waals surface area contributed by atoms with Gasteiger partial charge < -0.3 is 4.74 Å². The van der Waals surface area contributed by atoms with E-state index >= 15 is 0 Å². The first-order chi connectivity index (χ1) is 9.50. The van der Waals surface area contributed by atoms with Crippen molar-refractivity contribution in [1.82, 2.24) is 0 Å². The molecule has 1 heterocycles. The molecule has 0 N–H and O–H groups in total. The van der Waals surface area contributed by atoms with Crippen LogP contribution in [0.2, 0.25) is 0 Å². The number of esters is 1. The van der Waals surface area contributed by atoms with E-state index in [2.05, 4.69) is 20.8 Å². The highest BCUT2D eigenvalue weighted by Gasteiger charge is 2.60. The van der Waals surface area contributed by atoms with Gasteiger partial charge in [0.15, 0.2) is 0 Å². The average Bonchev–Trinajstić information content (AvgIpc) is 2.80. The number of hydrogen-bond acceptors (Lipinski definition) is 2. The monoisotopic (exact) mass is 276 g/mol. The molecule has 4 aliphatic carbocycles.